The standard InChI is InChI=1S/C28H28N.HI/c1-5-13-25(14-6-1)21-29(22-26-15-7-2-8-16-26,23-27-17-9-3-10-18-27)24-28-19-11-4-12-20-28;/h1-20H,21-24H2;1H/q+1;/p-1. The van der Waals surface area contributed by atoms with E-state index in [1.54, 1.807) is 0 Å². The number of hydrogen-bond donors (Lipinski definition) is 0. The summed E-state index contributed by atoms with van der Waals surface area (Å²) in [6.07, 6.45) is 0. The van der Waals surface area contributed by atoms with Gasteiger partial charge in [-0.2, -0.15) is 0 Å². The summed E-state index contributed by atoms with van der Waals surface area (Å²) in [5.41, 5.74) is 5.54. The molecule has 1 nitrogen and oxygen atoms in total. The van der Waals surface area contributed by atoms with Gasteiger partial charge in [0.2, 0.25) is 0 Å². The van der Waals surface area contributed by atoms with Crippen LogP contribution in [-0.2, 0) is 26.2 Å². The summed E-state index contributed by atoms with van der Waals surface area (Å²) in [6.45, 7) is 4.00. The molecule has 0 heterocycles. The first-order chi connectivity index (χ1) is 14.3. The van der Waals surface area contributed by atoms with Crippen LogP contribution < -0.4 is 24.0 Å². The molecule has 0 saturated heterocycles. The Morgan fingerprint density at radius 3 is 0.733 bits per heavy atom. The van der Waals surface area contributed by atoms with E-state index in [-0.39, 0.29) is 24.0 Å². The van der Waals surface area contributed by atoms with E-state index in [1.807, 2.05) is 0 Å². The maximum Gasteiger partial charge on any atom is 0.105 e. The molecule has 0 saturated carbocycles. The number of halogens is 1. The molecule has 30 heavy (non-hydrogen) atoms. The third-order valence-electron chi connectivity index (χ3n) is 5.44. The highest BCUT2D eigenvalue weighted by molar-refractivity contribution is 5.19. The summed E-state index contributed by atoms with van der Waals surface area (Å²) in [5.74, 6) is 0. The van der Waals surface area contributed by atoms with Crippen LogP contribution in [0.2, 0.25) is 0 Å². The summed E-state index contributed by atoms with van der Waals surface area (Å²) >= 11 is 0. The van der Waals surface area contributed by atoms with E-state index in [2.05, 4.69) is 121 Å². The summed E-state index contributed by atoms with van der Waals surface area (Å²) in [5, 5.41) is 0. The second-order valence-electron chi connectivity index (χ2n) is 7.92. The Kier molecular flexibility index (Phi) is 8.23. The second kappa shape index (κ2) is 11.1. The van der Waals surface area contributed by atoms with Crippen molar-refractivity contribution >= 4 is 0 Å². The van der Waals surface area contributed by atoms with E-state index < -0.39 is 0 Å². The van der Waals surface area contributed by atoms with E-state index in [0.29, 0.717) is 0 Å². The Hall–Kier alpha value is -2.43. The van der Waals surface area contributed by atoms with E-state index >= 15 is 0 Å². The zero-order chi connectivity index (χ0) is 19.8. The summed E-state index contributed by atoms with van der Waals surface area (Å²) < 4.78 is 0.960. The van der Waals surface area contributed by atoms with Crippen molar-refractivity contribution in [2.75, 3.05) is 0 Å². The topological polar surface area (TPSA) is 0 Å². The predicted molar refractivity (Wildman–Crippen MR) is 121 cm³/mol. The Bertz CT molecular complexity index is 814. The number of quaternary nitrogens is 1. The van der Waals surface area contributed by atoms with Crippen molar-refractivity contribution in [3.8, 4) is 0 Å². The number of benzene rings is 4. The van der Waals surface area contributed by atoms with E-state index in [0.717, 1.165) is 30.7 Å². The minimum absolute atomic E-state index is 0. The highest BCUT2D eigenvalue weighted by Gasteiger charge is 2.29. The maximum atomic E-state index is 2.26. The van der Waals surface area contributed by atoms with Crippen LogP contribution in [0.4, 0.5) is 0 Å². The fourth-order valence-corrected chi connectivity index (χ4v) is 4.22. The molecule has 0 unspecified atom stereocenters. The first-order valence-electron chi connectivity index (χ1n) is 10.3. The molecule has 152 valence electrons. The van der Waals surface area contributed by atoms with Crippen molar-refractivity contribution in [2.45, 2.75) is 26.2 Å². The number of hydrogen-bond acceptors (Lipinski definition) is 0. The van der Waals surface area contributed by atoms with Crippen LogP contribution >= 0.6 is 0 Å². The molecule has 0 amide bonds. The Labute approximate surface area is 197 Å². The van der Waals surface area contributed by atoms with Gasteiger partial charge in [0.1, 0.15) is 26.2 Å². The third kappa shape index (κ3) is 6.28. The van der Waals surface area contributed by atoms with Crippen molar-refractivity contribution in [3.05, 3.63) is 144 Å². The van der Waals surface area contributed by atoms with Crippen LogP contribution in [0.1, 0.15) is 22.3 Å². The molecule has 0 atom stereocenters. The van der Waals surface area contributed by atoms with Gasteiger partial charge in [0.15, 0.2) is 0 Å². The smallest absolute Gasteiger partial charge is 0.105 e. The second-order valence-corrected chi connectivity index (χ2v) is 7.92. The van der Waals surface area contributed by atoms with E-state index in [9.17, 15) is 0 Å². The average Bonchev–Trinajstić information content (AvgIpc) is 2.76. The lowest BCUT2D eigenvalue weighted by Crippen LogP contribution is -3.00. The maximum absolute atomic E-state index is 2.26. The highest BCUT2D eigenvalue weighted by Crippen LogP contribution is 2.27. The molecule has 4 aromatic carbocycles. The van der Waals surface area contributed by atoms with Crippen LogP contribution in [0.3, 0.4) is 0 Å². The number of rotatable bonds is 8. The Morgan fingerprint density at radius 1 is 0.333 bits per heavy atom. The molecule has 0 radical (unpaired) electrons. The Morgan fingerprint density at radius 2 is 0.533 bits per heavy atom. The monoisotopic (exact) mass is 505 g/mol. The van der Waals surface area contributed by atoms with Crippen molar-refractivity contribution in [3.63, 3.8) is 0 Å². The molecular formula is C28H28IN. The average molecular weight is 505 g/mol. The molecule has 4 aromatic rings. The molecular weight excluding hydrogens is 477 g/mol. The van der Waals surface area contributed by atoms with Crippen LogP contribution in [0.5, 0.6) is 0 Å². The van der Waals surface area contributed by atoms with Crippen LogP contribution in [0, 0.1) is 0 Å². The van der Waals surface area contributed by atoms with Gasteiger partial charge in [-0.1, -0.05) is 121 Å². The summed E-state index contributed by atoms with van der Waals surface area (Å²) in [7, 11) is 0. The van der Waals surface area contributed by atoms with E-state index in [1.165, 1.54) is 22.3 Å². The first kappa shape index (κ1) is 22.3. The van der Waals surface area contributed by atoms with Gasteiger partial charge in [0.25, 0.3) is 0 Å². The summed E-state index contributed by atoms with van der Waals surface area (Å²) in [4.78, 5) is 0. The molecule has 0 fully saturated rings. The number of nitrogens with zero attached hydrogens (tertiary/aromatic N) is 1. The predicted octanol–water partition coefficient (Wildman–Crippen LogP) is 3.61. The van der Waals surface area contributed by atoms with Gasteiger partial charge >= 0.3 is 0 Å². The van der Waals surface area contributed by atoms with Gasteiger partial charge in [-0.3, -0.25) is 0 Å². The van der Waals surface area contributed by atoms with Gasteiger partial charge < -0.3 is 28.5 Å². The fraction of sp³-hybridized carbons (Fsp3) is 0.143. The lowest BCUT2D eigenvalue weighted by Gasteiger charge is -2.39. The molecule has 0 aliphatic heterocycles. The minimum atomic E-state index is 0. The highest BCUT2D eigenvalue weighted by atomic mass is 127. The van der Waals surface area contributed by atoms with Crippen molar-refractivity contribution in [2.24, 2.45) is 0 Å². The van der Waals surface area contributed by atoms with Crippen LogP contribution in [0.15, 0.2) is 121 Å². The van der Waals surface area contributed by atoms with Gasteiger partial charge in [-0.15, -0.1) is 0 Å². The van der Waals surface area contributed by atoms with Crippen molar-refractivity contribution in [1.82, 2.24) is 0 Å². The summed E-state index contributed by atoms with van der Waals surface area (Å²) in [6, 6.07) is 43.7. The normalized spacial score (nSPS) is 10.9. The molecule has 2 heteroatoms. The Balaban J connectivity index is 0.00000256. The van der Waals surface area contributed by atoms with Gasteiger partial charge in [0.05, 0.1) is 0 Å². The van der Waals surface area contributed by atoms with Gasteiger partial charge in [0, 0.05) is 22.3 Å². The zero-order valence-electron chi connectivity index (χ0n) is 17.2. The quantitative estimate of drug-likeness (QED) is 0.254. The minimum Gasteiger partial charge on any atom is -1.00 e. The molecule has 0 aliphatic carbocycles. The fourth-order valence-electron chi connectivity index (χ4n) is 4.22. The lowest BCUT2D eigenvalue weighted by atomic mass is 10.0. The van der Waals surface area contributed by atoms with Crippen molar-refractivity contribution in [1.29, 1.82) is 0 Å². The third-order valence-corrected chi connectivity index (χ3v) is 5.44. The largest absolute Gasteiger partial charge is 1.00 e. The molecule has 0 aromatic heterocycles. The molecule has 0 N–H and O–H groups in total. The van der Waals surface area contributed by atoms with Crippen LogP contribution in [0.25, 0.3) is 0 Å². The lowest BCUT2D eigenvalue weighted by molar-refractivity contribution is -0.978. The van der Waals surface area contributed by atoms with Gasteiger partial charge in [-0.25, -0.2) is 0 Å². The van der Waals surface area contributed by atoms with Crippen molar-refractivity contribution < 1.29 is 28.5 Å². The molecule has 0 aliphatic rings. The SMILES string of the molecule is [I-].c1ccc(C[N+](Cc2ccccc2)(Cc2ccccc2)Cc2ccccc2)cc1. The molecule has 0 bridgehead atoms. The molecule has 0 spiro atoms. The van der Waals surface area contributed by atoms with Crippen LogP contribution in [-0.4, -0.2) is 4.48 Å². The molecule has 4 rings (SSSR count). The van der Waals surface area contributed by atoms with E-state index in [4.69, 9.17) is 0 Å². The zero-order valence-corrected chi connectivity index (χ0v) is 19.4. The first-order valence-corrected chi connectivity index (χ1v) is 10.3. The van der Waals surface area contributed by atoms with Gasteiger partial charge in [-0.05, 0) is 0 Å².